The van der Waals surface area contributed by atoms with Gasteiger partial charge in [-0.1, -0.05) is 24.3 Å². The lowest BCUT2D eigenvalue weighted by Crippen LogP contribution is -2.28. The Kier molecular flexibility index (Phi) is 6.01. The summed E-state index contributed by atoms with van der Waals surface area (Å²) in [5.74, 6) is 0.399. The second kappa shape index (κ2) is 9.03. The van der Waals surface area contributed by atoms with Crippen LogP contribution in [0.2, 0.25) is 0 Å². The monoisotopic (exact) mass is 500 g/mol. The number of aliphatic hydroxyl groups is 2. The number of anilines is 1. The van der Waals surface area contributed by atoms with Gasteiger partial charge in [0, 0.05) is 6.99 Å². The first-order valence-electron chi connectivity index (χ1n) is 11.4. The smallest absolute Gasteiger partial charge is 0.491 e. The van der Waals surface area contributed by atoms with E-state index < -0.39 is 24.4 Å². The Labute approximate surface area is 206 Å². The molecule has 0 bridgehead atoms. The summed E-state index contributed by atoms with van der Waals surface area (Å²) in [5.41, 5.74) is 1.97. The van der Waals surface area contributed by atoms with Crippen LogP contribution in [0.25, 0.3) is 11.3 Å². The number of ether oxygens (including phenoxy) is 3. The number of rotatable bonds is 8. The van der Waals surface area contributed by atoms with Gasteiger partial charge in [-0.3, -0.25) is 4.79 Å². The van der Waals surface area contributed by atoms with Crippen molar-refractivity contribution in [1.82, 2.24) is 4.98 Å². The van der Waals surface area contributed by atoms with E-state index in [9.17, 15) is 18.7 Å². The number of aromatic nitrogens is 1. The van der Waals surface area contributed by atoms with Gasteiger partial charge in [-0.25, -0.2) is 4.98 Å². The van der Waals surface area contributed by atoms with Crippen LogP contribution in [0.3, 0.4) is 0 Å². The van der Waals surface area contributed by atoms with Crippen LogP contribution in [-0.4, -0.2) is 46.7 Å². The lowest BCUT2D eigenvalue weighted by atomic mass is 9.94. The van der Waals surface area contributed by atoms with E-state index in [0.717, 1.165) is 11.1 Å². The van der Waals surface area contributed by atoms with Gasteiger partial charge >= 0.3 is 6.29 Å². The molecule has 0 unspecified atom stereocenters. The van der Waals surface area contributed by atoms with Crippen molar-refractivity contribution in [3.63, 3.8) is 0 Å². The number of alkyl halides is 2. The van der Waals surface area contributed by atoms with Crippen molar-refractivity contribution in [1.29, 1.82) is 0 Å². The second-order valence-electron chi connectivity index (χ2n) is 8.90. The first-order valence-corrected chi connectivity index (χ1v) is 11.4. The third kappa shape index (κ3) is 4.69. The molecule has 2 heterocycles. The van der Waals surface area contributed by atoms with Gasteiger partial charge in [0.25, 0.3) is 0 Å². The number of aryl methyl sites for hydroxylation is 1. The minimum atomic E-state index is -3.72. The number of benzene rings is 2. The predicted molar refractivity (Wildman–Crippen MR) is 127 cm³/mol. The summed E-state index contributed by atoms with van der Waals surface area (Å²) in [5, 5.41) is 21.3. The van der Waals surface area contributed by atoms with Crippen molar-refractivity contribution >= 4 is 11.7 Å². The summed E-state index contributed by atoms with van der Waals surface area (Å²) in [7, 11) is 0. The molecule has 1 aliphatic heterocycles. The number of pyridine rings is 1. The van der Waals surface area contributed by atoms with Gasteiger partial charge < -0.3 is 29.7 Å². The van der Waals surface area contributed by atoms with E-state index in [4.69, 9.17) is 9.84 Å². The van der Waals surface area contributed by atoms with Crippen LogP contribution in [0.15, 0.2) is 54.6 Å². The van der Waals surface area contributed by atoms with Gasteiger partial charge in [0.15, 0.2) is 11.5 Å². The number of halogens is 2. The molecule has 1 fully saturated rings. The van der Waals surface area contributed by atoms with Gasteiger partial charge in [-0.2, -0.15) is 0 Å². The zero-order chi connectivity index (χ0) is 25.5. The number of fused-ring (bicyclic) bond motifs is 1. The summed E-state index contributed by atoms with van der Waals surface area (Å²) in [6.07, 6.45) is -3.58. The second-order valence-corrected chi connectivity index (χ2v) is 8.90. The third-order valence-corrected chi connectivity index (χ3v) is 6.24. The number of hydrogen-bond acceptors (Lipinski definition) is 7. The lowest BCUT2D eigenvalue weighted by Gasteiger charge is -2.17. The van der Waals surface area contributed by atoms with Crippen molar-refractivity contribution in [2.24, 2.45) is 0 Å². The maximum Gasteiger partial charge on any atom is 0.586 e. The number of hydrogen-bond donors (Lipinski definition) is 3. The van der Waals surface area contributed by atoms with Crippen molar-refractivity contribution in [3.8, 4) is 28.5 Å². The Morgan fingerprint density at radius 2 is 1.94 bits per heavy atom. The molecule has 0 spiro atoms. The Morgan fingerprint density at radius 1 is 1.17 bits per heavy atom. The minimum Gasteiger partial charge on any atom is -0.491 e. The molecule has 0 saturated heterocycles. The molecule has 0 radical (unpaired) electrons. The first kappa shape index (κ1) is 24.0. The molecular formula is C26H26F2N2O6. The summed E-state index contributed by atoms with van der Waals surface area (Å²) in [6.45, 7) is 1.44. The molecule has 1 atom stereocenters. The molecule has 5 rings (SSSR count). The largest absolute Gasteiger partial charge is 0.586 e. The van der Waals surface area contributed by atoms with Crippen LogP contribution in [0.5, 0.6) is 17.2 Å². The summed E-state index contributed by atoms with van der Waals surface area (Å²) in [6, 6.07) is 15.1. The number of carbonyl (C=O) groups is 1. The minimum absolute atomic E-state index is 0. The zero-order valence-electron chi connectivity index (χ0n) is 19.3. The molecule has 36 heavy (non-hydrogen) atoms. The zero-order valence-corrected chi connectivity index (χ0v) is 19.3. The van der Waals surface area contributed by atoms with Gasteiger partial charge in [0.2, 0.25) is 5.91 Å². The van der Waals surface area contributed by atoms with E-state index in [1.165, 1.54) is 12.1 Å². The van der Waals surface area contributed by atoms with E-state index >= 15 is 0 Å². The van der Waals surface area contributed by atoms with Gasteiger partial charge in [0.1, 0.15) is 24.3 Å². The molecule has 1 aromatic heterocycles. The van der Waals surface area contributed by atoms with Crippen molar-refractivity contribution in [2.45, 2.75) is 37.6 Å². The number of nitrogens with zero attached hydrogens (tertiary/aromatic N) is 1. The molecule has 1 saturated carbocycles. The Balaban J connectivity index is 0.00000320. The van der Waals surface area contributed by atoms with E-state index in [1.54, 1.807) is 30.3 Å². The topological polar surface area (TPSA) is 110 Å². The van der Waals surface area contributed by atoms with E-state index in [2.05, 4.69) is 19.8 Å². The standard InChI is InChI=1S/C26H24F2N2O6.H2/c1-15-5-8-22(29-23(15)16-3-2-4-19(11-16)34-14-18(32)13-31)30-24(33)25(9-10-25)17-6-7-20-21(12-17)36-26(27,28)35-20;/h2-8,11-12,18,31-32H,9-10,13-14H2,1H3,(H,29,30,33);1H/t18-;/m1./s1. The normalized spacial score (nSPS) is 17.4. The predicted octanol–water partition coefficient (Wildman–Crippen LogP) is 4.03. The van der Waals surface area contributed by atoms with E-state index in [-0.39, 0.29) is 25.4 Å². The van der Waals surface area contributed by atoms with Crippen LogP contribution in [-0.2, 0) is 10.2 Å². The maximum atomic E-state index is 13.4. The maximum absolute atomic E-state index is 13.4. The van der Waals surface area contributed by atoms with Crippen LogP contribution in [0, 0.1) is 6.92 Å². The Morgan fingerprint density at radius 3 is 2.69 bits per heavy atom. The first-order chi connectivity index (χ1) is 17.2. The fourth-order valence-electron chi connectivity index (χ4n) is 4.12. The van der Waals surface area contributed by atoms with Crippen LogP contribution >= 0.6 is 0 Å². The highest BCUT2D eigenvalue weighted by atomic mass is 19.3. The number of nitrogens with one attached hydrogen (secondary N) is 1. The number of amides is 1. The van der Waals surface area contributed by atoms with E-state index in [1.807, 2.05) is 19.1 Å². The number of carbonyl (C=O) groups excluding carboxylic acids is 1. The Hall–Kier alpha value is -3.76. The average Bonchev–Trinajstić information content (AvgIpc) is 3.61. The lowest BCUT2D eigenvalue weighted by molar-refractivity contribution is -0.286. The Bertz CT molecular complexity index is 1320. The van der Waals surface area contributed by atoms with Crippen LogP contribution < -0.4 is 19.5 Å². The molecular weight excluding hydrogens is 474 g/mol. The van der Waals surface area contributed by atoms with Crippen molar-refractivity contribution in [3.05, 3.63) is 65.7 Å². The van der Waals surface area contributed by atoms with Gasteiger partial charge in [0.05, 0.1) is 17.7 Å². The fourth-order valence-corrected chi connectivity index (χ4v) is 4.12. The van der Waals surface area contributed by atoms with Crippen LogP contribution in [0.4, 0.5) is 14.6 Å². The highest BCUT2D eigenvalue weighted by Gasteiger charge is 2.53. The summed E-state index contributed by atoms with van der Waals surface area (Å²) in [4.78, 5) is 17.9. The molecule has 190 valence electrons. The summed E-state index contributed by atoms with van der Waals surface area (Å²) >= 11 is 0. The highest BCUT2D eigenvalue weighted by molar-refractivity contribution is 6.01. The number of aliphatic hydroxyl groups excluding tert-OH is 2. The van der Waals surface area contributed by atoms with Crippen molar-refractivity contribution < 1.29 is 39.4 Å². The van der Waals surface area contributed by atoms with Crippen molar-refractivity contribution in [2.75, 3.05) is 18.5 Å². The third-order valence-electron chi connectivity index (χ3n) is 6.24. The molecule has 10 heteroatoms. The van der Waals surface area contributed by atoms with Gasteiger partial charge in [-0.05, 0) is 61.2 Å². The molecule has 2 aromatic carbocycles. The quantitative estimate of drug-likeness (QED) is 0.428. The van der Waals surface area contributed by atoms with Gasteiger partial charge in [-0.15, -0.1) is 8.78 Å². The fraction of sp³-hybridized carbons (Fsp3) is 0.308. The molecule has 3 N–H and O–H groups in total. The average molecular weight is 500 g/mol. The van der Waals surface area contributed by atoms with E-state index in [0.29, 0.717) is 35.7 Å². The molecule has 3 aromatic rings. The molecule has 8 nitrogen and oxygen atoms in total. The summed E-state index contributed by atoms with van der Waals surface area (Å²) < 4.78 is 41.3. The SMILES string of the molecule is Cc1ccc(NC(=O)C2(c3ccc4c(c3)OC(F)(F)O4)CC2)nc1-c1cccc(OC[C@H](O)CO)c1.[HH]. The van der Waals surface area contributed by atoms with Crippen LogP contribution in [0.1, 0.15) is 25.4 Å². The molecule has 1 amide bonds. The molecule has 1 aliphatic carbocycles. The molecule has 2 aliphatic rings. The highest BCUT2D eigenvalue weighted by Crippen LogP contribution is 2.52.